The van der Waals surface area contributed by atoms with Crippen molar-refractivity contribution >= 4 is 27.2 Å². The second kappa shape index (κ2) is 7.23. The zero-order chi connectivity index (χ0) is 19.0. The summed E-state index contributed by atoms with van der Waals surface area (Å²) in [6.07, 6.45) is 0. The average Bonchev–Trinajstić information content (AvgIpc) is 3.15. The average molecular weight is 382 g/mol. The highest BCUT2D eigenvalue weighted by Crippen LogP contribution is 2.34. The van der Waals surface area contributed by atoms with Crippen molar-refractivity contribution in [2.75, 3.05) is 37.6 Å². The van der Waals surface area contributed by atoms with Crippen LogP contribution in [0.1, 0.15) is 26.3 Å². The van der Waals surface area contributed by atoms with Gasteiger partial charge in [-0.2, -0.15) is 0 Å². The van der Waals surface area contributed by atoms with Crippen LogP contribution in [0.25, 0.3) is 21.3 Å². The molecule has 1 N–H and O–H groups in total. The third-order valence-corrected chi connectivity index (χ3v) is 6.30. The molecule has 0 unspecified atom stereocenters. The summed E-state index contributed by atoms with van der Waals surface area (Å²) < 4.78 is 1.28. The lowest BCUT2D eigenvalue weighted by Gasteiger charge is -2.35. The summed E-state index contributed by atoms with van der Waals surface area (Å²) in [5.74, 6) is 1.10. The summed E-state index contributed by atoms with van der Waals surface area (Å²) >= 11 is 1.77. The fourth-order valence-electron chi connectivity index (χ4n) is 3.66. The van der Waals surface area contributed by atoms with Gasteiger partial charge >= 0.3 is 0 Å². The van der Waals surface area contributed by atoms with Crippen molar-refractivity contribution in [2.24, 2.45) is 0 Å². The number of nitrogens with zero attached hydrogens (tertiary/aromatic N) is 3. The lowest BCUT2D eigenvalue weighted by atomic mass is 9.96. The summed E-state index contributed by atoms with van der Waals surface area (Å²) in [6, 6.07) is 12.5. The lowest BCUT2D eigenvalue weighted by Crippen LogP contribution is -2.46. The summed E-state index contributed by atoms with van der Waals surface area (Å²) in [5.41, 5.74) is 2.18. The fraction of sp³-hybridized carbons (Fsp3) is 0.409. The van der Waals surface area contributed by atoms with E-state index >= 15 is 0 Å². The van der Waals surface area contributed by atoms with Gasteiger partial charge in [0.25, 0.3) is 0 Å². The molecule has 2 aromatic heterocycles. The molecule has 1 aliphatic rings. The van der Waals surface area contributed by atoms with E-state index in [0.29, 0.717) is 0 Å². The smallest absolute Gasteiger partial charge is 0.138 e. The van der Waals surface area contributed by atoms with Crippen molar-refractivity contribution in [2.45, 2.75) is 26.4 Å². The largest absolute Gasteiger partial charge is 0.386 e. The summed E-state index contributed by atoms with van der Waals surface area (Å²) in [4.78, 5) is 9.97. The van der Waals surface area contributed by atoms with Gasteiger partial charge in [-0.05, 0) is 43.5 Å². The number of aromatic nitrogens is 1. The molecule has 1 fully saturated rings. The molecule has 0 atom stereocenters. The minimum absolute atomic E-state index is 0.826. The molecule has 1 aliphatic heterocycles. The minimum Gasteiger partial charge on any atom is -0.386 e. The molecule has 142 valence electrons. The van der Waals surface area contributed by atoms with Crippen molar-refractivity contribution in [3.05, 3.63) is 47.3 Å². The van der Waals surface area contributed by atoms with E-state index in [1.807, 2.05) is 26.0 Å². The van der Waals surface area contributed by atoms with E-state index < -0.39 is 5.60 Å². The van der Waals surface area contributed by atoms with Gasteiger partial charge in [-0.25, -0.2) is 4.98 Å². The zero-order valence-corrected chi connectivity index (χ0v) is 17.1. The molecule has 27 heavy (non-hydrogen) atoms. The zero-order valence-electron chi connectivity index (χ0n) is 16.3. The Morgan fingerprint density at radius 1 is 1.07 bits per heavy atom. The number of rotatable bonds is 4. The van der Waals surface area contributed by atoms with Gasteiger partial charge in [-0.15, -0.1) is 11.3 Å². The molecule has 3 heterocycles. The molecule has 0 bridgehead atoms. The summed E-state index contributed by atoms with van der Waals surface area (Å²) in [7, 11) is 0. The first-order valence-corrected chi connectivity index (χ1v) is 10.5. The van der Waals surface area contributed by atoms with Gasteiger partial charge in [-0.3, -0.25) is 0 Å². The predicted molar refractivity (Wildman–Crippen MR) is 115 cm³/mol. The number of benzene rings is 1. The van der Waals surface area contributed by atoms with Crippen LogP contribution in [0.15, 0.2) is 41.8 Å². The highest BCUT2D eigenvalue weighted by molar-refractivity contribution is 7.17. The molecule has 0 aliphatic carbocycles. The predicted octanol–water partition coefficient (Wildman–Crippen LogP) is 4.33. The third kappa shape index (κ3) is 3.72. The highest BCUT2D eigenvalue weighted by atomic mass is 32.1. The molecule has 3 aromatic rings. The second-order valence-corrected chi connectivity index (χ2v) is 8.67. The first-order valence-electron chi connectivity index (χ1n) is 9.64. The molecule has 1 aromatic carbocycles. The standard InChI is InChI=1S/C22H27N3OS/c1-4-24-10-12-25(13-11-24)21-18-9-14-27-20(18)15-19(23-21)16-5-7-17(8-6-16)22(2,3)26/h5-9,14-15,26H,4,10-13H2,1-3H3. The quantitative estimate of drug-likeness (QED) is 0.730. The molecule has 4 nitrogen and oxygen atoms in total. The number of aliphatic hydroxyl groups is 1. The monoisotopic (exact) mass is 381 g/mol. The van der Waals surface area contributed by atoms with Crippen LogP contribution in [0.2, 0.25) is 0 Å². The van der Waals surface area contributed by atoms with Crippen LogP contribution in [0.5, 0.6) is 0 Å². The van der Waals surface area contributed by atoms with Gasteiger partial charge in [0.1, 0.15) is 5.82 Å². The van der Waals surface area contributed by atoms with Crippen molar-refractivity contribution in [1.29, 1.82) is 0 Å². The number of thiophene rings is 1. The Bertz CT molecular complexity index is 919. The van der Waals surface area contributed by atoms with E-state index in [1.54, 1.807) is 11.3 Å². The van der Waals surface area contributed by atoms with E-state index in [1.165, 1.54) is 10.1 Å². The summed E-state index contributed by atoms with van der Waals surface area (Å²) in [5, 5.41) is 13.6. The van der Waals surface area contributed by atoms with E-state index in [0.717, 1.165) is 55.4 Å². The van der Waals surface area contributed by atoms with Gasteiger partial charge in [-0.1, -0.05) is 31.2 Å². The minimum atomic E-state index is -0.826. The Morgan fingerprint density at radius 2 is 1.78 bits per heavy atom. The van der Waals surface area contributed by atoms with Crippen molar-refractivity contribution in [3.8, 4) is 11.3 Å². The lowest BCUT2D eigenvalue weighted by molar-refractivity contribution is 0.0786. The number of piperazine rings is 1. The first-order chi connectivity index (χ1) is 13.0. The fourth-order valence-corrected chi connectivity index (χ4v) is 4.48. The maximum atomic E-state index is 10.2. The molecule has 1 saturated heterocycles. The molecule has 0 saturated carbocycles. The van der Waals surface area contributed by atoms with Crippen molar-refractivity contribution in [3.63, 3.8) is 0 Å². The van der Waals surface area contributed by atoms with E-state index in [2.05, 4.69) is 46.4 Å². The number of likely N-dealkylation sites (N-methyl/N-ethyl adjacent to an activating group) is 1. The number of pyridine rings is 1. The van der Waals surface area contributed by atoms with Gasteiger partial charge in [0, 0.05) is 41.8 Å². The summed E-state index contributed by atoms with van der Waals surface area (Å²) in [6.45, 7) is 11.2. The van der Waals surface area contributed by atoms with Gasteiger partial charge in [0.05, 0.1) is 11.3 Å². The molecular formula is C22H27N3OS. The van der Waals surface area contributed by atoms with E-state index in [-0.39, 0.29) is 0 Å². The highest BCUT2D eigenvalue weighted by Gasteiger charge is 2.21. The second-order valence-electron chi connectivity index (χ2n) is 7.72. The van der Waals surface area contributed by atoms with Gasteiger partial charge in [0.2, 0.25) is 0 Å². The Hall–Kier alpha value is -1.95. The van der Waals surface area contributed by atoms with Crippen molar-refractivity contribution < 1.29 is 5.11 Å². The van der Waals surface area contributed by atoms with Crippen LogP contribution in [0, 0.1) is 0 Å². The van der Waals surface area contributed by atoms with Gasteiger partial charge < -0.3 is 14.9 Å². The maximum Gasteiger partial charge on any atom is 0.138 e. The number of anilines is 1. The first kappa shape index (κ1) is 18.4. The van der Waals surface area contributed by atoms with E-state index in [4.69, 9.17) is 4.98 Å². The SMILES string of the molecule is CCN1CCN(c2nc(-c3ccc(C(C)(C)O)cc3)cc3sccc23)CC1. The van der Waals surface area contributed by atoms with Crippen LogP contribution in [-0.2, 0) is 5.60 Å². The van der Waals surface area contributed by atoms with Gasteiger partial charge in [0.15, 0.2) is 0 Å². The van der Waals surface area contributed by atoms with E-state index in [9.17, 15) is 5.11 Å². The van der Waals surface area contributed by atoms with Crippen LogP contribution < -0.4 is 4.90 Å². The Morgan fingerprint density at radius 3 is 2.41 bits per heavy atom. The van der Waals surface area contributed by atoms with Crippen LogP contribution in [0.3, 0.4) is 0 Å². The van der Waals surface area contributed by atoms with Crippen molar-refractivity contribution in [1.82, 2.24) is 9.88 Å². The molecule has 0 amide bonds. The third-order valence-electron chi connectivity index (χ3n) is 5.44. The van der Waals surface area contributed by atoms with Crippen LogP contribution >= 0.6 is 11.3 Å². The number of hydrogen-bond donors (Lipinski definition) is 1. The topological polar surface area (TPSA) is 39.6 Å². The van der Waals surface area contributed by atoms with Crippen LogP contribution in [0.4, 0.5) is 5.82 Å². The number of fused-ring (bicyclic) bond motifs is 1. The maximum absolute atomic E-state index is 10.2. The molecule has 5 heteroatoms. The molecular weight excluding hydrogens is 354 g/mol. The Kier molecular flexibility index (Phi) is 4.93. The Labute approximate surface area is 165 Å². The molecule has 4 rings (SSSR count). The molecule has 0 radical (unpaired) electrons. The molecule has 0 spiro atoms. The normalized spacial score (nSPS) is 16.2. The van der Waals surface area contributed by atoms with Crippen LogP contribution in [-0.4, -0.2) is 47.7 Å². The Balaban J connectivity index is 1.70. The number of hydrogen-bond acceptors (Lipinski definition) is 5.